The molecule has 0 radical (unpaired) electrons. The van der Waals surface area contributed by atoms with Crippen LogP contribution in [0.4, 0.5) is 13.2 Å². The maximum atomic E-state index is 12.9. The Kier molecular flexibility index (Phi) is 3.49. The lowest BCUT2D eigenvalue weighted by Gasteiger charge is -2.10. The summed E-state index contributed by atoms with van der Waals surface area (Å²) in [5.74, 6) is -0.575. The Hall–Kier alpha value is -1.62. The predicted octanol–water partition coefficient (Wildman–Crippen LogP) is 4.61. The minimum atomic E-state index is -4.52. The predicted molar refractivity (Wildman–Crippen MR) is 68.7 cm³/mol. The first-order valence-electron chi connectivity index (χ1n) is 5.58. The van der Waals surface area contributed by atoms with Crippen molar-refractivity contribution in [2.45, 2.75) is 20.0 Å². The van der Waals surface area contributed by atoms with E-state index in [0.29, 0.717) is 4.88 Å². The van der Waals surface area contributed by atoms with Crippen LogP contribution in [0.2, 0.25) is 0 Å². The van der Waals surface area contributed by atoms with E-state index in [9.17, 15) is 18.0 Å². The van der Waals surface area contributed by atoms with Gasteiger partial charge in [0.05, 0.1) is 10.4 Å². The quantitative estimate of drug-likeness (QED) is 0.736. The fourth-order valence-electron chi connectivity index (χ4n) is 1.75. The van der Waals surface area contributed by atoms with Gasteiger partial charge in [-0.1, -0.05) is 18.2 Å². The maximum absolute atomic E-state index is 12.9. The summed E-state index contributed by atoms with van der Waals surface area (Å²) >= 11 is 1.22. The molecule has 0 atom stereocenters. The van der Waals surface area contributed by atoms with Crippen LogP contribution in [0.3, 0.4) is 0 Å². The SMILES string of the molecule is Cc1cc(C(=O)c2ccccc2C(F)(F)F)sc1C. The van der Waals surface area contributed by atoms with E-state index in [2.05, 4.69) is 0 Å². The van der Waals surface area contributed by atoms with Crippen LogP contribution >= 0.6 is 11.3 Å². The number of carbonyl (C=O) groups is 1. The maximum Gasteiger partial charge on any atom is 0.417 e. The van der Waals surface area contributed by atoms with Crippen LogP contribution < -0.4 is 0 Å². The molecule has 0 fully saturated rings. The van der Waals surface area contributed by atoms with Gasteiger partial charge in [0, 0.05) is 10.4 Å². The molecule has 2 rings (SSSR count). The van der Waals surface area contributed by atoms with E-state index >= 15 is 0 Å². The van der Waals surface area contributed by atoms with Crippen molar-refractivity contribution < 1.29 is 18.0 Å². The molecule has 2 aromatic rings. The van der Waals surface area contributed by atoms with E-state index in [1.54, 1.807) is 6.07 Å². The molecule has 0 unspecified atom stereocenters. The van der Waals surface area contributed by atoms with E-state index in [1.807, 2.05) is 13.8 Å². The van der Waals surface area contributed by atoms with Gasteiger partial charge in [-0.2, -0.15) is 13.2 Å². The van der Waals surface area contributed by atoms with Crippen LogP contribution in [0, 0.1) is 13.8 Å². The number of hydrogen-bond acceptors (Lipinski definition) is 2. The fourth-order valence-corrected chi connectivity index (χ4v) is 2.73. The summed E-state index contributed by atoms with van der Waals surface area (Å²) in [6, 6.07) is 6.51. The molecule has 0 N–H and O–H groups in total. The van der Waals surface area contributed by atoms with Gasteiger partial charge >= 0.3 is 6.18 Å². The van der Waals surface area contributed by atoms with Crippen molar-refractivity contribution in [3.8, 4) is 0 Å². The molecule has 0 bridgehead atoms. The van der Waals surface area contributed by atoms with Crippen LogP contribution in [-0.2, 0) is 6.18 Å². The van der Waals surface area contributed by atoms with Crippen molar-refractivity contribution >= 4 is 17.1 Å². The van der Waals surface area contributed by atoms with E-state index in [1.165, 1.54) is 29.5 Å². The minimum absolute atomic E-state index is 0.295. The molecule has 1 aromatic carbocycles. The van der Waals surface area contributed by atoms with Gasteiger partial charge in [-0.3, -0.25) is 4.79 Å². The third-order valence-electron chi connectivity index (χ3n) is 2.87. The molecule has 19 heavy (non-hydrogen) atoms. The number of thiophene rings is 1. The Morgan fingerprint density at radius 3 is 2.32 bits per heavy atom. The summed E-state index contributed by atoms with van der Waals surface area (Å²) in [5.41, 5.74) is -0.266. The van der Waals surface area contributed by atoms with Crippen molar-refractivity contribution in [3.05, 3.63) is 56.8 Å². The van der Waals surface area contributed by atoms with Gasteiger partial charge in [0.25, 0.3) is 0 Å². The lowest BCUT2D eigenvalue weighted by atomic mass is 10.0. The smallest absolute Gasteiger partial charge is 0.288 e. The van der Waals surface area contributed by atoms with Crippen molar-refractivity contribution in [1.82, 2.24) is 0 Å². The van der Waals surface area contributed by atoms with E-state index in [0.717, 1.165) is 16.5 Å². The zero-order chi connectivity index (χ0) is 14.2. The van der Waals surface area contributed by atoms with Crippen LogP contribution in [0.1, 0.15) is 31.2 Å². The summed E-state index contributed by atoms with van der Waals surface area (Å²) in [7, 11) is 0. The van der Waals surface area contributed by atoms with Gasteiger partial charge < -0.3 is 0 Å². The van der Waals surface area contributed by atoms with E-state index in [-0.39, 0.29) is 5.56 Å². The van der Waals surface area contributed by atoms with E-state index < -0.39 is 17.5 Å². The molecule has 1 heterocycles. The monoisotopic (exact) mass is 284 g/mol. The number of aryl methyl sites for hydroxylation is 2. The second-order valence-electron chi connectivity index (χ2n) is 4.22. The van der Waals surface area contributed by atoms with Crippen LogP contribution in [-0.4, -0.2) is 5.78 Å². The number of rotatable bonds is 2. The highest BCUT2D eigenvalue weighted by atomic mass is 32.1. The van der Waals surface area contributed by atoms with Gasteiger partial charge in [0.2, 0.25) is 5.78 Å². The Morgan fingerprint density at radius 2 is 1.79 bits per heavy atom. The third-order valence-corrected chi connectivity index (χ3v) is 4.02. The van der Waals surface area contributed by atoms with Gasteiger partial charge in [0.15, 0.2) is 0 Å². The average molecular weight is 284 g/mol. The second-order valence-corrected chi connectivity index (χ2v) is 5.48. The zero-order valence-electron chi connectivity index (χ0n) is 10.3. The first-order valence-corrected chi connectivity index (χ1v) is 6.40. The van der Waals surface area contributed by atoms with Crippen molar-refractivity contribution in [2.75, 3.05) is 0 Å². The number of ketones is 1. The average Bonchev–Trinajstić information content (AvgIpc) is 2.68. The van der Waals surface area contributed by atoms with Crippen molar-refractivity contribution in [1.29, 1.82) is 0 Å². The first kappa shape index (κ1) is 13.8. The Balaban J connectivity index is 2.51. The van der Waals surface area contributed by atoms with Crippen LogP contribution in [0.15, 0.2) is 30.3 Å². The van der Waals surface area contributed by atoms with Crippen LogP contribution in [0.5, 0.6) is 0 Å². The molecular formula is C14H11F3OS. The molecule has 0 aliphatic rings. The van der Waals surface area contributed by atoms with Crippen molar-refractivity contribution in [2.24, 2.45) is 0 Å². The lowest BCUT2D eigenvalue weighted by Crippen LogP contribution is -2.12. The van der Waals surface area contributed by atoms with Crippen molar-refractivity contribution in [3.63, 3.8) is 0 Å². The van der Waals surface area contributed by atoms with Gasteiger partial charge in [-0.15, -0.1) is 11.3 Å². The Morgan fingerprint density at radius 1 is 1.16 bits per heavy atom. The molecule has 1 nitrogen and oxygen atoms in total. The molecular weight excluding hydrogens is 273 g/mol. The molecule has 0 saturated carbocycles. The number of alkyl halides is 3. The number of hydrogen-bond donors (Lipinski definition) is 0. The zero-order valence-corrected chi connectivity index (χ0v) is 11.2. The summed E-state index contributed by atoms with van der Waals surface area (Å²) < 4.78 is 38.6. The summed E-state index contributed by atoms with van der Waals surface area (Å²) in [6.07, 6.45) is -4.52. The number of carbonyl (C=O) groups excluding carboxylic acids is 1. The lowest BCUT2D eigenvalue weighted by molar-refractivity contribution is -0.137. The molecule has 5 heteroatoms. The molecule has 0 spiro atoms. The molecule has 1 aromatic heterocycles. The van der Waals surface area contributed by atoms with E-state index in [4.69, 9.17) is 0 Å². The van der Waals surface area contributed by atoms with Gasteiger partial charge in [-0.05, 0) is 31.5 Å². The summed E-state index contributed by atoms with van der Waals surface area (Å²) in [5, 5.41) is 0. The number of halogens is 3. The molecule has 0 aliphatic heterocycles. The fraction of sp³-hybridized carbons (Fsp3) is 0.214. The topological polar surface area (TPSA) is 17.1 Å². The highest BCUT2D eigenvalue weighted by Gasteiger charge is 2.35. The summed E-state index contributed by atoms with van der Waals surface area (Å²) in [4.78, 5) is 13.5. The highest BCUT2D eigenvalue weighted by molar-refractivity contribution is 7.14. The summed E-state index contributed by atoms with van der Waals surface area (Å²) in [6.45, 7) is 3.67. The second kappa shape index (κ2) is 4.81. The first-order chi connectivity index (χ1) is 8.80. The Labute approximate surface area is 112 Å². The molecule has 0 aliphatic carbocycles. The number of benzene rings is 1. The normalized spacial score (nSPS) is 11.6. The minimum Gasteiger partial charge on any atom is -0.288 e. The third kappa shape index (κ3) is 2.71. The highest BCUT2D eigenvalue weighted by Crippen LogP contribution is 2.34. The van der Waals surface area contributed by atoms with Gasteiger partial charge in [-0.25, -0.2) is 0 Å². The van der Waals surface area contributed by atoms with Gasteiger partial charge in [0.1, 0.15) is 0 Å². The molecule has 100 valence electrons. The molecule has 0 saturated heterocycles. The largest absolute Gasteiger partial charge is 0.417 e. The van der Waals surface area contributed by atoms with Crippen LogP contribution in [0.25, 0.3) is 0 Å². The Bertz CT molecular complexity index is 606. The molecule has 0 amide bonds. The standard InChI is InChI=1S/C14H11F3OS/c1-8-7-12(19-9(8)2)13(18)10-5-3-4-6-11(10)14(15,16)17/h3-7H,1-2H3.